The van der Waals surface area contributed by atoms with Crippen molar-refractivity contribution in [3.63, 3.8) is 0 Å². The minimum Gasteiger partial charge on any atom is -0.497 e. The van der Waals surface area contributed by atoms with E-state index in [1.807, 2.05) is 12.1 Å². The highest BCUT2D eigenvalue weighted by atomic mass is 16.5. The quantitative estimate of drug-likeness (QED) is 0.646. The van der Waals surface area contributed by atoms with Gasteiger partial charge in [0.15, 0.2) is 0 Å². The van der Waals surface area contributed by atoms with Gasteiger partial charge in [0.2, 0.25) is 5.91 Å². The van der Waals surface area contributed by atoms with Crippen LogP contribution in [0.15, 0.2) is 18.2 Å². The monoisotopic (exact) mass is 223 g/mol. The molecule has 0 bridgehead atoms. The highest BCUT2D eigenvalue weighted by Crippen LogP contribution is 2.23. The summed E-state index contributed by atoms with van der Waals surface area (Å²) >= 11 is 0. The average molecular weight is 223 g/mol. The van der Waals surface area contributed by atoms with Crippen molar-refractivity contribution in [1.29, 1.82) is 0 Å². The molecule has 0 heterocycles. The second kappa shape index (κ2) is 5.85. The van der Waals surface area contributed by atoms with E-state index in [4.69, 9.17) is 10.5 Å². The van der Waals surface area contributed by atoms with E-state index in [0.717, 1.165) is 5.69 Å². The number of carbonyl (C=O) groups is 1. The fraction of sp³-hybridized carbons (Fsp3) is 0.364. The number of carbonyl (C=O) groups excluding carboxylic acids is 1. The van der Waals surface area contributed by atoms with E-state index >= 15 is 0 Å². The predicted molar refractivity (Wildman–Crippen MR) is 64.6 cm³/mol. The van der Waals surface area contributed by atoms with Crippen LogP contribution in [-0.4, -0.2) is 26.6 Å². The van der Waals surface area contributed by atoms with Crippen LogP contribution in [0.2, 0.25) is 0 Å². The van der Waals surface area contributed by atoms with Gasteiger partial charge in [-0.3, -0.25) is 4.79 Å². The Bertz CT molecular complexity index is 366. The molecule has 4 N–H and O–H groups in total. The van der Waals surface area contributed by atoms with Crippen LogP contribution in [-0.2, 0) is 4.79 Å². The zero-order valence-electron chi connectivity index (χ0n) is 9.54. The molecule has 0 atom stereocenters. The molecular formula is C11H17N3O2. The molecule has 0 saturated heterocycles. The van der Waals surface area contributed by atoms with Crippen LogP contribution >= 0.6 is 0 Å². The van der Waals surface area contributed by atoms with Gasteiger partial charge in [-0.1, -0.05) is 0 Å². The van der Waals surface area contributed by atoms with E-state index < -0.39 is 0 Å². The van der Waals surface area contributed by atoms with Crippen LogP contribution in [0.25, 0.3) is 0 Å². The summed E-state index contributed by atoms with van der Waals surface area (Å²) in [6.07, 6.45) is 0.419. The van der Waals surface area contributed by atoms with Crippen molar-refractivity contribution >= 4 is 17.3 Å². The minimum absolute atomic E-state index is 0.000386. The summed E-state index contributed by atoms with van der Waals surface area (Å²) in [6.45, 7) is 0.552. The Balaban J connectivity index is 2.51. The first-order chi connectivity index (χ1) is 7.67. The number of methoxy groups -OCH3 is 1. The number of nitrogens with one attached hydrogen (secondary N) is 2. The second-order valence-corrected chi connectivity index (χ2v) is 3.30. The lowest BCUT2D eigenvalue weighted by Gasteiger charge is -2.10. The highest BCUT2D eigenvalue weighted by Gasteiger charge is 2.02. The van der Waals surface area contributed by atoms with Gasteiger partial charge in [-0.05, 0) is 12.1 Å². The molecule has 0 aliphatic carbocycles. The number of amides is 1. The van der Waals surface area contributed by atoms with Gasteiger partial charge in [0, 0.05) is 26.1 Å². The summed E-state index contributed by atoms with van der Waals surface area (Å²) < 4.78 is 5.04. The normalized spacial score (nSPS) is 9.62. The standard InChI is InChI=1S/C11H17N3O2/c1-13-11(15)5-6-14-10-4-3-8(16-2)7-9(10)12/h3-4,7,14H,5-6,12H2,1-2H3,(H,13,15). The van der Waals surface area contributed by atoms with Crippen molar-refractivity contribution in [2.75, 3.05) is 31.8 Å². The van der Waals surface area contributed by atoms with E-state index in [1.165, 1.54) is 0 Å². The van der Waals surface area contributed by atoms with Gasteiger partial charge in [-0.25, -0.2) is 0 Å². The van der Waals surface area contributed by atoms with Crippen LogP contribution in [0.4, 0.5) is 11.4 Å². The number of rotatable bonds is 5. The largest absolute Gasteiger partial charge is 0.497 e. The SMILES string of the molecule is CNC(=O)CCNc1ccc(OC)cc1N. The zero-order chi connectivity index (χ0) is 12.0. The van der Waals surface area contributed by atoms with Crippen LogP contribution in [0, 0.1) is 0 Å². The molecule has 0 aliphatic heterocycles. The number of anilines is 2. The minimum atomic E-state index is -0.000386. The Kier molecular flexibility index (Phi) is 4.44. The van der Waals surface area contributed by atoms with Crippen molar-refractivity contribution < 1.29 is 9.53 Å². The van der Waals surface area contributed by atoms with E-state index in [1.54, 1.807) is 20.2 Å². The lowest BCUT2D eigenvalue weighted by Crippen LogP contribution is -2.21. The number of hydrogen-bond donors (Lipinski definition) is 3. The summed E-state index contributed by atoms with van der Waals surface area (Å²) in [5, 5.41) is 5.64. The number of nitrogen functional groups attached to an aromatic ring is 1. The van der Waals surface area contributed by atoms with Gasteiger partial charge in [0.25, 0.3) is 0 Å². The smallest absolute Gasteiger partial charge is 0.221 e. The zero-order valence-corrected chi connectivity index (χ0v) is 9.54. The number of benzene rings is 1. The molecule has 1 aromatic rings. The van der Waals surface area contributed by atoms with Gasteiger partial charge >= 0.3 is 0 Å². The molecule has 0 unspecified atom stereocenters. The van der Waals surface area contributed by atoms with Crippen LogP contribution in [0.5, 0.6) is 5.75 Å². The lowest BCUT2D eigenvalue weighted by atomic mass is 10.2. The average Bonchev–Trinajstić information content (AvgIpc) is 2.30. The molecule has 0 spiro atoms. The first-order valence-corrected chi connectivity index (χ1v) is 5.05. The molecule has 0 radical (unpaired) electrons. The summed E-state index contributed by atoms with van der Waals surface area (Å²) in [5.74, 6) is 0.717. The van der Waals surface area contributed by atoms with Gasteiger partial charge in [-0.15, -0.1) is 0 Å². The molecule has 88 valence electrons. The van der Waals surface area contributed by atoms with Gasteiger partial charge < -0.3 is 21.1 Å². The highest BCUT2D eigenvalue weighted by molar-refractivity contribution is 5.76. The Morgan fingerprint density at radius 1 is 1.50 bits per heavy atom. The third-order valence-corrected chi connectivity index (χ3v) is 2.21. The fourth-order valence-electron chi connectivity index (χ4n) is 1.26. The predicted octanol–water partition coefficient (Wildman–Crippen LogP) is 0.825. The first-order valence-electron chi connectivity index (χ1n) is 5.05. The number of nitrogens with two attached hydrogens (primary N) is 1. The van der Waals surface area contributed by atoms with Crippen molar-refractivity contribution in [2.45, 2.75) is 6.42 Å². The summed E-state index contributed by atoms with van der Waals surface area (Å²) in [5.41, 5.74) is 7.22. The van der Waals surface area contributed by atoms with Crippen molar-refractivity contribution in [2.24, 2.45) is 0 Å². The number of ether oxygens (including phenoxy) is 1. The number of hydrogen-bond acceptors (Lipinski definition) is 4. The Morgan fingerprint density at radius 2 is 2.25 bits per heavy atom. The van der Waals surface area contributed by atoms with E-state index in [9.17, 15) is 4.79 Å². The Labute approximate surface area is 95.0 Å². The van der Waals surface area contributed by atoms with Gasteiger partial charge in [0.1, 0.15) is 5.75 Å². The third-order valence-electron chi connectivity index (χ3n) is 2.21. The van der Waals surface area contributed by atoms with Crippen molar-refractivity contribution in [3.8, 4) is 5.75 Å². The van der Waals surface area contributed by atoms with Crippen LogP contribution in [0.3, 0.4) is 0 Å². The van der Waals surface area contributed by atoms with Crippen LogP contribution < -0.4 is 21.1 Å². The molecule has 0 saturated carbocycles. The molecule has 1 aromatic carbocycles. The van der Waals surface area contributed by atoms with E-state index in [-0.39, 0.29) is 5.91 Å². The topological polar surface area (TPSA) is 76.4 Å². The molecule has 0 fully saturated rings. The van der Waals surface area contributed by atoms with Gasteiger partial charge in [-0.2, -0.15) is 0 Å². The van der Waals surface area contributed by atoms with Crippen molar-refractivity contribution in [1.82, 2.24) is 5.32 Å². The molecule has 5 nitrogen and oxygen atoms in total. The molecule has 16 heavy (non-hydrogen) atoms. The molecule has 0 aromatic heterocycles. The molecule has 5 heteroatoms. The fourth-order valence-corrected chi connectivity index (χ4v) is 1.26. The molecule has 1 rings (SSSR count). The van der Waals surface area contributed by atoms with Crippen LogP contribution in [0.1, 0.15) is 6.42 Å². The maximum atomic E-state index is 11.0. The van der Waals surface area contributed by atoms with E-state index in [0.29, 0.717) is 24.4 Å². The molecule has 1 amide bonds. The summed E-state index contributed by atoms with van der Waals surface area (Å²) in [4.78, 5) is 11.0. The van der Waals surface area contributed by atoms with Gasteiger partial charge in [0.05, 0.1) is 18.5 Å². The first kappa shape index (κ1) is 12.2. The molecule has 0 aliphatic rings. The Morgan fingerprint density at radius 3 is 2.81 bits per heavy atom. The van der Waals surface area contributed by atoms with E-state index in [2.05, 4.69) is 10.6 Å². The maximum Gasteiger partial charge on any atom is 0.221 e. The summed E-state index contributed by atoms with van der Waals surface area (Å²) in [6, 6.07) is 5.39. The van der Waals surface area contributed by atoms with Crippen molar-refractivity contribution in [3.05, 3.63) is 18.2 Å². The lowest BCUT2D eigenvalue weighted by molar-refractivity contribution is -0.120. The maximum absolute atomic E-state index is 11.0. The Hall–Kier alpha value is -1.91. The summed E-state index contributed by atoms with van der Waals surface area (Å²) in [7, 11) is 3.21. The third kappa shape index (κ3) is 3.34. The second-order valence-electron chi connectivity index (χ2n) is 3.30. The molecular weight excluding hydrogens is 206 g/mol.